The summed E-state index contributed by atoms with van der Waals surface area (Å²) in [5.41, 5.74) is 1.20. The van der Waals surface area contributed by atoms with E-state index < -0.39 is 0 Å². The summed E-state index contributed by atoms with van der Waals surface area (Å²) < 4.78 is 10.6. The Morgan fingerprint density at radius 3 is 3.25 bits per heavy atom. The number of nitrogens with zero attached hydrogens (tertiary/aromatic N) is 1. The lowest BCUT2D eigenvalue weighted by atomic mass is 10.1. The van der Waals surface area contributed by atoms with Gasteiger partial charge in [-0.15, -0.1) is 0 Å². The third-order valence-corrected chi connectivity index (χ3v) is 2.81. The van der Waals surface area contributed by atoms with Crippen LogP contribution in [0.2, 0.25) is 0 Å². The molecule has 16 heavy (non-hydrogen) atoms. The summed E-state index contributed by atoms with van der Waals surface area (Å²) in [5, 5.41) is 3.45. The van der Waals surface area contributed by atoms with E-state index in [1.807, 2.05) is 12.3 Å². The van der Waals surface area contributed by atoms with Crippen LogP contribution in [0, 0.1) is 0 Å². The van der Waals surface area contributed by atoms with Gasteiger partial charge in [-0.2, -0.15) is 0 Å². The molecule has 1 aliphatic rings. The van der Waals surface area contributed by atoms with Crippen LogP contribution < -0.4 is 5.32 Å². The second kappa shape index (κ2) is 5.94. The van der Waals surface area contributed by atoms with Gasteiger partial charge in [-0.3, -0.25) is 4.98 Å². The molecule has 1 aliphatic heterocycles. The first-order chi connectivity index (χ1) is 7.86. The number of pyridine rings is 1. The molecule has 88 valence electrons. The van der Waals surface area contributed by atoms with E-state index in [-0.39, 0.29) is 6.10 Å². The molecule has 1 saturated heterocycles. The van der Waals surface area contributed by atoms with Gasteiger partial charge in [0.05, 0.1) is 12.7 Å². The van der Waals surface area contributed by atoms with Crippen LogP contribution in [-0.4, -0.2) is 31.0 Å². The lowest BCUT2D eigenvalue weighted by molar-refractivity contribution is -0.137. The van der Waals surface area contributed by atoms with Crippen molar-refractivity contribution >= 4 is 0 Å². The molecular weight excluding hydrogens is 204 g/mol. The number of hydrogen-bond acceptors (Lipinski definition) is 4. The van der Waals surface area contributed by atoms with E-state index in [9.17, 15) is 0 Å². The molecule has 4 heteroatoms. The van der Waals surface area contributed by atoms with Crippen LogP contribution in [0.1, 0.15) is 24.9 Å². The summed E-state index contributed by atoms with van der Waals surface area (Å²) in [7, 11) is 0. The molecular formula is C12H18N2O2. The average molecular weight is 222 g/mol. The topological polar surface area (TPSA) is 43.4 Å². The molecule has 1 fully saturated rings. The first-order valence-electron chi connectivity index (χ1n) is 5.69. The highest BCUT2D eigenvalue weighted by Gasteiger charge is 2.15. The van der Waals surface area contributed by atoms with E-state index in [0.29, 0.717) is 12.8 Å². The van der Waals surface area contributed by atoms with Crippen molar-refractivity contribution in [3.8, 4) is 0 Å². The van der Waals surface area contributed by atoms with E-state index in [0.717, 1.165) is 19.6 Å². The van der Waals surface area contributed by atoms with E-state index in [4.69, 9.17) is 9.47 Å². The Morgan fingerprint density at radius 2 is 2.56 bits per heavy atom. The Kier molecular flexibility index (Phi) is 4.27. The minimum Gasteiger partial charge on any atom is -0.355 e. The molecule has 0 aliphatic carbocycles. The van der Waals surface area contributed by atoms with Crippen LogP contribution in [-0.2, 0) is 9.47 Å². The highest BCUT2D eigenvalue weighted by Crippen LogP contribution is 2.11. The number of ether oxygens (including phenoxy) is 2. The van der Waals surface area contributed by atoms with E-state index in [2.05, 4.69) is 23.3 Å². The predicted molar refractivity (Wildman–Crippen MR) is 61.0 cm³/mol. The maximum absolute atomic E-state index is 5.46. The van der Waals surface area contributed by atoms with Crippen molar-refractivity contribution in [3.05, 3.63) is 30.1 Å². The zero-order chi connectivity index (χ0) is 11.2. The highest BCUT2D eigenvalue weighted by molar-refractivity contribution is 5.12. The first kappa shape index (κ1) is 11.5. The fourth-order valence-electron chi connectivity index (χ4n) is 1.72. The Labute approximate surface area is 96.0 Å². The Morgan fingerprint density at radius 1 is 1.62 bits per heavy atom. The van der Waals surface area contributed by atoms with Gasteiger partial charge in [-0.25, -0.2) is 0 Å². The van der Waals surface area contributed by atoms with Gasteiger partial charge in [0.2, 0.25) is 0 Å². The molecule has 2 heterocycles. The molecule has 0 bridgehead atoms. The molecule has 2 unspecified atom stereocenters. The van der Waals surface area contributed by atoms with Crippen molar-refractivity contribution in [1.29, 1.82) is 0 Å². The van der Waals surface area contributed by atoms with Gasteiger partial charge < -0.3 is 14.8 Å². The van der Waals surface area contributed by atoms with Crippen LogP contribution in [0.5, 0.6) is 0 Å². The number of rotatable bonds is 4. The van der Waals surface area contributed by atoms with E-state index in [1.54, 1.807) is 6.20 Å². The minimum atomic E-state index is 0.271. The number of nitrogens with one attached hydrogen (secondary N) is 1. The first-order valence-corrected chi connectivity index (χ1v) is 5.69. The van der Waals surface area contributed by atoms with Crippen molar-refractivity contribution in [2.45, 2.75) is 25.5 Å². The van der Waals surface area contributed by atoms with Crippen LogP contribution in [0.25, 0.3) is 0 Å². The largest absolute Gasteiger partial charge is 0.355 e. The van der Waals surface area contributed by atoms with Crippen molar-refractivity contribution < 1.29 is 9.47 Å². The summed E-state index contributed by atoms with van der Waals surface area (Å²) >= 11 is 0. The molecule has 0 saturated carbocycles. The van der Waals surface area contributed by atoms with Crippen molar-refractivity contribution in [2.75, 3.05) is 19.9 Å². The van der Waals surface area contributed by atoms with Gasteiger partial charge in [-0.1, -0.05) is 6.07 Å². The smallest absolute Gasteiger partial charge is 0.147 e. The van der Waals surface area contributed by atoms with Gasteiger partial charge in [0, 0.05) is 25.0 Å². The van der Waals surface area contributed by atoms with Crippen LogP contribution in [0.3, 0.4) is 0 Å². The molecule has 1 aromatic heterocycles. The summed E-state index contributed by atoms with van der Waals surface area (Å²) in [6.07, 6.45) is 4.92. The lowest BCUT2D eigenvalue weighted by Crippen LogP contribution is -2.35. The molecule has 2 rings (SSSR count). The number of aromatic nitrogens is 1. The minimum absolute atomic E-state index is 0.271. The lowest BCUT2D eigenvalue weighted by Gasteiger charge is -2.24. The van der Waals surface area contributed by atoms with Gasteiger partial charge >= 0.3 is 0 Å². The highest BCUT2D eigenvalue weighted by atomic mass is 16.7. The summed E-state index contributed by atoms with van der Waals surface area (Å²) in [6, 6.07) is 4.34. The maximum atomic E-state index is 5.46. The molecule has 0 aromatic carbocycles. The fourth-order valence-corrected chi connectivity index (χ4v) is 1.72. The summed E-state index contributed by atoms with van der Waals surface area (Å²) in [5.74, 6) is 0. The summed E-state index contributed by atoms with van der Waals surface area (Å²) in [4.78, 5) is 4.11. The van der Waals surface area contributed by atoms with Gasteiger partial charge in [-0.05, 0) is 25.0 Å². The van der Waals surface area contributed by atoms with Crippen molar-refractivity contribution in [2.24, 2.45) is 0 Å². The fraction of sp³-hybridized carbons (Fsp3) is 0.583. The van der Waals surface area contributed by atoms with Gasteiger partial charge in [0.25, 0.3) is 0 Å². The maximum Gasteiger partial charge on any atom is 0.147 e. The SMILES string of the molecule is CC(NCC1CCOCO1)c1cccnc1. The Hall–Kier alpha value is -0.970. The third-order valence-electron chi connectivity index (χ3n) is 2.81. The van der Waals surface area contributed by atoms with Gasteiger partial charge in [0.1, 0.15) is 6.79 Å². The zero-order valence-electron chi connectivity index (χ0n) is 9.56. The molecule has 1 N–H and O–H groups in total. The molecule has 2 atom stereocenters. The Bertz CT molecular complexity index is 299. The quantitative estimate of drug-likeness (QED) is 0.838. The van der Waals surface area contributed by atoms with Crippen LogP contribution >= 0.6 is 0 Å². The second-order valence-electron chi connectivity index (χ2n) is 4.02. The average Bonchev–Trinajstić information content (AvgIpc) is 2.38. The normalized spacial score (nSPS) is 22.9. The monoisotopic (exact) mass is 222 g/mol. The second-order valence-corrected chi connectivity index (χ2v) is 4.02. The molecule has 0 spiro atoms. The number of hydrogen-bond donors (Lipinski definition) is 1. The van der Waals surface area contributed by atoms with E-state index in [1.165, 1.54) is 5.56 Å². The predicted octanol–water partition coefficient (Wildman–Crippen LogP) is 1.50. The molecule has 0 amide bonds. The zero-order valence-corrected chi connectivity index (χ0v) is 9.56. The molecule has 4 nitrogen and oxygen atoms in total. The van der Waals surface area contributed by atoms with Crippen molar-refractivity contribution in [1.82, 2.24) is 10.3 Å². The van der Waals surface area contributed by atoms with Crippen LogP contribution in [0.15, 0.2) is 24.5 Å². The van der Waals surface area contributed by atoms with E-state index >= 15 is 0 Å². The standard InChI is InChI=1S/C12H18N2O2/c1-10(11-3-2-5-13-7-11)14-8-12-4-6-15-9-16-12/h2-3,5,7,10,12,14H,4,6,8-9H2,1H3. The molecule has 0 radical (unpaired) electrons. The Balaban J connectivity index is 1.77. The molecule has 1 aromatic rings. The third kappa shape index (κ3) is 3.27. The summed E-state index contributed by atoms with van der Waals surface area (Å²) in [6.45, 7) is 4.22. The van der Waals surface area contributed by atoms with Crippen molar-refractivity contribution in [3.63, 3.8) is 0 Å². The van der Waals surface area contributed by atoms with Crippen LogP contribution in [0.4, 0.5) is 0 Å². The van der Waals surface area contributed by atoms with Gasteiger partial charge in [0.15, 0.2) is 0 Å².